The Morgan fingerprint density at radius 3 is 2.80 bits per heavy atom. The van der Waals surface area contributed by atoms with Crippen LogP contribution in [0.1, 0.15) is 15.4 Å². The number of thiophene rings is 1. The van der Waals surface area contributed by atoms with Crippen molar-refractivity contribution in [2.45, 2.75) is 6.61 Å². The zero-order valence-electron chi connectivity index (χ0n) is 15.2. The maximum absolute atomic E-state index is 12.5. The molecule has 0 saturated carbocycles. The first-order valence-corrected chi connectivity index (χ1v) is 10.9. The highest BCUT2D eigenvalue weighted by Crippen LogP contribution is 2.34. The normalized spacial score (nSPS) is 11.2. The number of halogens is 1. The quantitative estimate of drug-likeness (QED) is 0.356. The number of hydrogen-bond donors (Lipinski definition) is 0. The Morgan fingerprint density at radius 2 is 1.93 bits per heavy atom. The molecule has 6 nitrogen and oxygen atoms in total. The van der Waals surface area contributed by atoms with Crippen molar-refractivity contribution in [2.24, 2.45) is 0 Å². The number of hydrogen-bond acceptors (Lipinski definition) is 7. The maximum Gasteiger partial charge on any atom is 0.348 e. The van der Waals surface area contributed by atoms with E-state index in [0.717, 1.165) is 20.1 Å². The van der Waals surface area contributed by atoms with Gasteiger partial charge in [0.05, 0.1) is 25.8 Å². The molecule has 0 bridgehead atoms. The van der Waals surface area contributed by atoms with Gasteiger partial charge in [-0.2, -0.15) is 0 Å². The minimum atomic E-state index is -0.467. The number of pyridine rings is 1. The van der Waals surface area contributed by atoms with E-state index in [1.165, 1.54) is 28.0 Å². The molecular formula is C21H12ClN3O3S2. The molecule has 0 spiro atoms. The number of thiazole rings is 1. The van der Waals surface area contributed by atoms with Gasteiger partial charge in [-0.05, 0) is 36.4 Å². The van der Waals surface area contributed by atoms with E-state index in [2.05, 4.69) is 9.97 Å². The van der Waals surface area contributed by atoms with Gasteiger partial charge in [0.1, 0.15) is 22.1 Å². The summed E-state index contributed by atoms with van der Waals surface area (Å²) in [4.78, 5) is 35.0. The van der Waals surface area contributed by atoms with Crippen LogP contribution in [0.4, 0.5) is 0 Å². The highest BCUT2D eigenvalue weighted by atomic mass is 35.5. The first kappa shape index (κ1) is 18.9. The highest BCUT2D eigenvalue weighted by molar-refractivity contribution is 7.26. The Balaban J connectivity index is 1.33. The highest BCUT2D eigenvalue weighted by Gasteiger charge is 2.15. The van der Waals surface area contributed by atoms with Crippen LogP contribution in [0, 0.1) is 0 Å². The van der Waals surface area contributed by atoms with E-state index in [1.807, 2.05) is 30.3 Å². The molecule has 0 N–H and O–H groups in total. The Morgan fingerprint density at radius 1 is 1.07 bits per heavy atom. The largest absolute Gasteiger partial charge is 0.455 e. The van der Waals surface area contributed by atoms with E-state index in [9.17, 15) is 9.59 Å². The van der Waals surface area contributed by atoms with Crippen molar-refractivity contribution in [3.63, 3.8) is 0 Å². The molecule has 0 aliphatic heterocycles. The summed E-state index contributed by atoms with van der Waals surface area (Å²) in [7, 11) is 0. The van der Waals surface area contributed by atoms with Crippen LogP contribution >= 0.6 is 34.3 Å². The number of carbonyl (C=O) groups is 1. The lowest BCUT2D eigenvalue weighted by Crippen LogP contribution is -2.16. The molecule has 148 valence electrons. The molecule has 5 rings (SSSR count). The number of nitrogens with zero attached hydrogens (tertiary/aromatic N) is 3. The van der Waals surface area contributed by atoms with Gasteiger partial charge in [-0.25, -0.2) is 14.8 Å². The van der Waals surface area contributed by atoms with Crippen molar-refractivity contribution >= 4 is 56.1 Å². The van der Waals surface area contributed by atoms with Gasteiger partial charge in [0.2, 0.25) is 0 Å². The monoisotopic (exact) mass is 453 g/mol. The summed E-state index contributed by atoms with van der Waals surface area (Å²) in [6.45, 7) is -0.0957. The third-order valence-corrected chi connectivity index (χ3v) is 6.83. The van der Waals surface area contributed by atoms with Crippen LogP contribution in [-0.2, 0) is 11.3 Å². The summed E-state index contributed by atoms with van der Waals surface area (Å²) >= 11 is 8.82. The molecule has 0 amide bonds. The van der Waals surface area contributed by atoms with E-state index >= 15 is 0 Å². The van der Waals surface area contributed by atoms with E-state index in [4.69, 9.17) is 16.3 Å². The van der Waals surface area contributed by atoms with Gasteiger partial charge in [0, 0.05) is 12.3 Å². The Labute approximate surface area is 183 Å². The standard InChI is InChI=1S/C21H12ClN3O3S2/c22-12-5-8-18-23-13(9-19(26)25(18)10-12)11-28-21(27)17-7-6-16(29-17)20-24-14-3-1-2-4-15(14)30-20/h1-10H,11H2. The van der Waals surface area contributed by atoms with Gasteiger partial charge >= 0.3 is 5.97 Å². The lowest BCUT2D eigenvalue weighted by Gasteiger charge is -2.05. The van der Waals surface area contributed by atoms with Crippen molar-refractivity contribution in [3.8, 4) is 9.88 Å². The number of aromatic nitrogens is 3. The fourth-order valence-corrected chi connectivity index (χ4v) is 5.03. The zero-order valence-corrected chi connectivity index (χ0v) is 17.6. The SMILES string of the molecule is O=C(OCc1cc(=O)n2cc(Cl)ccc2n1)c1ccc(-c2nc3ccccc3s2)s1. The second-order valence-electron chi connectivity index (χ2n) is 6.39. The van der Waals surface area contributed by atoms with Crippen LogP contribution in [0.3, 0.4) is 0 Å². The zero-order chi connectivity index (χ0) is 20.7. The average molecular weight is 454 g/mol. The Bertz CT molecular complexity index is 1440. The lowest BCUT2D eigenvalue weighted by molar-refractivity contribution is 0.0473. The summed E-state index contributed by atoms with van der Waals surface area (Å²) < 4.78 is 7.81. The summed E-state index contributed by atoms with van der Waals surface area (Å²) in [6.07, 6.45) is 1.50. The predicted octanol–water partition coefficient (Wildman–Crippen LogP) is 5.04. The number of para-hydroxylation sites is 1. The fourth-order valence-electron chi connectivity index (χ4n) is 2.95. The number of esters is 1. The minimum Gasteiger partial charge on any atom is -0.455 e. The molecule has 0 aliphatic rings. The average Bonchev–Trinajstić information content (AvgIpc) is 3.39. The third kappa shape index (κ3) is 3.60. The topological polar surface area (TPSA) is 73.6 Å². The fraction of sp³-hybridized carbons (Fsp3) is 0.0476. The first-order valence-electron chi connectivity index (χ1n) is 8.87. The van der Waals surface area contributed by atoms with E-state index in [0.29, 0.717) is 21.2 Å². The molecule has 0 aliphatic carbocycles. The van der Waals surface area contributed by atoms with E-state index in [1.54, 1.807) is 29.5 Å². The molecule has 4 aromatic heterocycles. The lowest BCUT2D eigenvalue weighted by atomic mass is 10.3. The molecule has 30 heavy (non-hydrogen) atoms. The van der Waals surface area contributed by atoms with Crippen molar-refractivity contribution < 1.29 is 9.53 Å². The maximum atomic E-state index is 12.5. The summed E-state index contributed by atoms with van der Waals surface area (Å²) in [5.41, 5.74) is 1.46. The van der Waals surface area contributed by atoms with Crippen molar-refractivity contribution in [1.82, 2.24) is 14.4 Å². The van der Waals surface area contributed by atoms with Gasteiger partial charge < -0.3 is 4.74 Å². The van der Waals surface area contributed by atoms with Crippen LogP contribution in [0.2, 0.25) is 5.02 Å². The molecule has 1 aromatic carbocycles. The molecule has 0 fully saturated rings. The van der Waals surface area contributed by atoms with E-state index < -0.39 is 5.97 Å². The molecule has 9 heteroatoms. The van der Waals surface area contributed by atoms with Crippen LogP contribution in [-0.4, -0.2) is 20.3 Å². The predicted molar refractivity (Wildman–Crippen MR) is 119 cm³/mol. The molecule has 0 atom stereocenters. The number of fused-ring (bicyclic) bond motifs is 2. The van der Waals surface area contributed by atoms with Crippen LogP contribution in [0.15, 0.2) is 65.6 Å². The van der Waals surface area contributed by atoms with Gasteiger partial charge in [-0.3, -0.25) is 9.20 Å². The van der Waals surface area contributed by atoms with Crippen molar-refractivity contribution in [2.75, 3.05) is 0 Å². The summed E-state index contributed by atoms with van der Waals surface area (Å²) in [5, 5.41) is 1.30. The van der Waals surface area contributed by atoms with Gasteiger partial charge in [0.15, 0.2) is 0 Å². The van der Waals surface area contributed by atoms with Gasteiger partial charge in [-0.15, -0.1) is 22.7 Å². The molecule has 5 aromatic rings. The molecule has 4 heterocycles. The van der Waals surface area contributed by atoms with Gasteiger partial charge in [0.25, 0.3) is 5.56 Å². The van der Waals surface area contributed by atoms with Crippen molar-refractivity contribution in [1.29, 1.82) is 0 Å². The molecular weight excluding hydrogens is 442 g/mol. The second kappa shape index (κ2) is 7.64. The number of ether oxygens (including phenoxy) is 1. The van der Waals surface area contributed by atoms with Crippen LogP contribution in [0.5, 0.6) is 0 Å². The summed E-state index contributed by atoms with van der Waals surface area (Å²) in [5.74, 6) is -0.467. The minimum absolute atomic E-state index is 0.0957. The van der Waals surface area contributed by atoms with Crippen LogP contribution in [0.25, 0.3) is 25.7 Å². The van der Waals surface area contributed by atoms with Crippen molar-refractivity contribution in [3.05, 3.63) is 86.7 Å². The molecule has 0 unspecified atom stereocenters. The van der Waals surface area contributed by atoms with E-state index in [-0.39, 0.29) is 12.2 Å². The smallest absolute Gasteiger partial charge is 0.348 e. The number of rotatable bonds is 4. The Kier molecular flexibility index (Phi) is 4.82. The summed E-state index contributed by atoms with van der Waals surface area (Å²) in [6, 6.07) is 16.1. The first-order chi connectivity index (χ1) is 14.6. The van der Waals surface area contributed by atoms with Crippen LogP contribution < -0.4 is 5.56 Å². The third-order valence-electron chi connectivity index (χ3n) is 4.34. The molecule has 0 radical (unpaired) electrons. The second-order valence-corrected chi connectivity index (χ2v) is 8.94. The number of carbonyl (C=O) groups excluding carboxylic acids is 1. The molecule has 0 saturated heterocycles. The van der Waals surface area contributed by atoms with Gasteiger partial charge in [-0.1, -0.05) is 23.7 Å². The Hall–Kier alpha value is -3.07. The number of benzene rings is 1.